The topological polar surface area (TPSA) is 58.6 Å². The predicted molar refractivity (Wildman–Crippen MR) is 95.5 cm³/mol. The summed E-state index contributed by atoms with van der Waals surface area (Å²) in [4.78, 5) is 26.9. The largest absolute Gasteiger partial charge is 0.496 e. The lowest BCUT2D eigenvalue weighted by molar-refractivity contribution is -0.132. The number of carbonyl (C=O) groups is 2. The zero-order valence-corrected chi connectivity index (χ0v) is 14.8. The Hall–Kier alpha value is -2.53. The van der Waals surface area contributed by atoms with Gasteiger partial charge in [-0.15, -0.1) is 0 Å². The Morgan fingerprint density at radius 3 is 2.44 bits per heavy atom. The summed E-state index contributed by atoms with van der Waals surface area (Å²) in [6.07, 6.45) is 0.446. The van der Waals surface area contributed by atoms with E-state index in [0.29, 0.717) is 17.2 Å². The third kappa shape index (κ3) is 2.96. The van der Waals surface area contributed by atoms with Crippen LogP contribution >= 0.6 is 11.6 Å². The fraction of sp³-hybridized carbons (Fsp3) is 0.263. The van der Waals surface area contributed by atoms with Gasteiger partial charge in [-0.2, -0.15) is 0 Å². The lowest BCUT2D eigenvalue weighted by Gasteiger charge is -2.26. The van der Waals surface area contributed by atoms with E-state index in [9.17, 15) is 9.59 Å². The normalized spacial score (nSPS) is 19.9. The summed E-state index contributed by atoms with van der Waals surface area (Å²) in [7, 11) is 1.56. The fourth-order valence-electron chi connectivity index (χ4n) is 3.15. The number of carbonyl (C=O) groups excluding carboxylic acids is 2. The first kappa shape index (κ1) is 17.3. The molecular formula is C19H19ClN2O3. The molecule has 0 bridgehead atoms. The summed E-state index contributed by atoms with van der Waals surface area (Å²) in [5, 5.41) is 3.45. The molecule has 1 atom stereocenters. The van der Waals surface area contributed by atoms with Crippen LogP contribution in [0.25, 0.3) is 0 Å². The average Bonchev–Trinajstić information content (AvgIpc) is 2.88. The highest BCUT2D eigenvalue weighted by Gasteiger charge is 2.51. The molecule has 1 aliphatic rings. The van der Waals surface area contributed by atoms with Gasteiger partial charge in [0.1, 0.15) is 11.3 Å². The van der Waals surface area contributed by atoms with Gasteiger partial charge in [-0.05, 0) is 30.2 Å². The molecule has 1 N–H and O–H groups in total. The third-order valence-electron chi connectivity index (χ3n) is 4.56. The molecule has 0 radical (unpaired) electrons. The second-order valence-electron chi connectivity index (χ2n) is 5.90. The number of hydrogen-bond donors (Lipinski definition) is 1. The van der Waals surface area contributed by atoms with Gasteiger partial charge in [0.2, 0.25) is 0 Å². The van der Waals surface area contributed by atoms with Gasteiger partial charge in [0, 0.05) is 10.6 Å². The Kier molecular flexibility index (Phi) is 4.68. The van der Waals surface area contributed by atoms with E-state index in [1.54, 1.807) is 37.4 Å². The molecule has 130 valence electrons. The number of amides is 3. The van der Waals surface area contributed by atoms with Crippen molar-refractivity contribution >= 4 is 23.5 Å². The van der Waals surface area contributed by atoms with Crippen LogP contribution in [0.3, 0.4) is 0 Å². The molecule has 0 aliphatic carbocycles. The predicted octanol–water partition coefficient (Wildman–Crippen LogP) is 3.71. The van der Waals surface area contributed by atoms with E-state index >= 15 is 0 Å². The first-order chi connectivity index (χ1) is 12.0. The molecule has 6 heteroatoms. The quantitative estimate of drug-likeness (QED) is 0.829. The standard InChI is InChI=1S/C19H19ClN2O3/c1-3-19(14-8-10-15(20)11-9-14)17(23)22(18(24)21-19)12-13-6-4-5-7-16(13)25-2/h4-11H,3,12H2,1-2H3,(H,21,24)/t19-/m0/s1. The molecule has 0 unspecified atom stereocenters. The van der Waals surface area contributed by atoms with Gasteiger partial charge in [0.15, 0.2) is 0 Å². The van der Waals surface area contributed by atoms with E-state index in [4.69, 9.17) is 16.3 Å². The summed E-state index contributed by atoms with van der Waals surface area (Å²) < 4.78 is 5.32. The van der Waals surface area contributed by atoms with E-state index in [-0.39, 0.29) is 12.5 Å². The van der Waals surface area contributed by atoms with Crippen molar-refractivity contribution in [1.82, 2.24) is 10.2 Å². The van der Waals surface area contributed by atoms with Crippen LogP contribution in [0.1, 0.15) is 24.5 Å². The minimum Gasteiger partial charge on any atom is -0.496 e. The maximum atomic E-state index is 13.1. The molecule has 3 rings (SSSR count). The summed E-state index contributed by atoms with van der Waals surface area (Å²) in [6.45, 7) is 2.03. The Labute approximate surface area is 151 Å². The first-order valence-corrected chi connectivity index (χ1v) is 8.41. The summed E-state index contributed by atoms with van der Waals surface area (Å²) in [6, 6.07) is 13.9. The van der Waals surface area contributed by atoms with Gasteiger partial charge in [0.25, 0.3) is 5.91 Å². The summed E-state index contributed by atoms with van der Waals surface area (Å²) in [5.74, 6) is 0.372. The second-order valence-corrected chi connectivity index (χ2v) is 6.34. The molecule has 0 aromatic heterocycles. The van der Waals surface area contributed by atoms with Crippen LogP contribution < -0.4 is 10.1 Å². The zero-order chi connectivity index (χ0) is 18.0. The molecule has 1 fully saturated rings. The number of urea groups is 1. The van der Waals surface area contributed by atoms with E-state index < -0.39 is 11.6 Å². The van der Waals surface area contributed by atoms with Crippen molar-refractivity contribution in [1.29, 1.82) is 0 Å². The van der Waals surface area contributed by atoms with Gasteiger partial charge < -0.3 is 10.1 Å². The number of ether oxygens (including phenoxy) is 1. The van der Waals surface area contributed by atoms with E-state index in [1.807, 2.05) is 25.1 Å². The van der Waals surface area contributed by atoms with Crippen molar-refractivity contribution < 1.29 is 14.3 Å². The molecule has 1 heterocycles. The van der Waals surface area contributed by atoms with Gasteiger partial charge in [-0.1, -0.05) is 48.9 Å². The van der Waals surface area contributed by atoms with E-state index in [0.717, 1.165) is 11.1 Å². The Morgan fingerprint density at radius 2 is 1.80 bits per heavy atom. The SMILES string of the molecule is CC[C@@]1(c2ccc(Cl)cc2)NC(=O)N(Cc2ccccc2OC)C1=O. The van der Waals surface area contributed by atoms with Crippen LogP contribution in [0.4, 0.5) is 4.79 Å². The maximum absolute atomic E-state index is 13.1. The highest BCUT2D eigenvalue weighted by atomic mass is 35.5. The van der Waals surface area contributed by atoms with Crippen molar-refractivity contribution in [2.24, 2.45) is 0 Å². The number of methoxy groups -OCH3 is 1. The number of imide groups is 1. The number of nitrogens with one attached hydrogen (secondary N) is 1. The number of hydrogen-bond acceptors (Lipinski definition) is 3. The van der Waals surface area contributed by atoms with Crippen LogP contribution in [0.5, 0.6) is 5.75 Å². The molecule has 1 aliphatic heterocycles. The molecular weight excluding hydrogens is 340 g/mol. The Bertz CT molecular complexity index is 807. The van der Waals surface area contributed by atoms with Crippen molar-refractivity contribution in [2.75, 3.05) is 7.11 Å². The van der Waals surface area contributed by atoms with Gasteiger partial charge >= 0.3 is 6.03 Å². The molecule has 25 heavy (non-hydrogen) atoms. The smallest absolute Gasteiger partial charge is 0.325 e. The minimum atomic E-state index is -1.07. The Balaban J connectivity index is 1.94. The van der Waals surface area contributed by atoms with Crippen molar-refractivity contribution in [2.45, 2.75) is 25.4 Å². The molecule has 5 nitrogen and oxygen atoms in total. The van der Waals surface area contributed by atoms with Crippen LogP contribution in [0.15, 0.2) is 48.5 Å². The highest BCUT2D eigenvalue weighted by molar-refractivity contribution is 6.30. The van der Waals surface area contributed by atoms with Gasteiger partial charge in [-0.3, -0.25) is 9.69 Å². The monoisotopic (exact) mass is 358 g/mol. The van der Waals surface area contributed by atoms with Gasteiger partial charge in [-0.25, -0.2) is 4.79 Å². The molecule has 1 saturated heterocycles. The Morgan fingerprint density at radius 1 is 1.12 bits per heavy atom. The number of rotatable bonds is 5. The number of halogens is 1. The number of nitrogens with zero attached hydrogens (tertiary/aromatic N) is 1. The van der Waals surface area contributed by atoms with Crippen LogP contribution in [0.2, 0.25) is 5.02 Å². The first-order valence-electron chi connectivity index (χ1n) is 8.04. The summed E-state index contributed by atoms with van der Waals surface area (Å²) in [5.41, 5.74) is 0.431. The van der Waals surface area contributed by atoms with Gasteiger partial charge in [0.05, 0.1) is 13.7 Å². The molecule has 0 spiro atoms. The lowest BCUT2D eigenvalue weighted by atomic mass is 9.87. The van der Waals surface area contributed by atoms with Crippen molar-refractivity contribution in [3.8, 4) is 5.75 Å². The minimum absolute atomic E-state index is 0.157. The molecule has 0 saturated carbocycles. The maximum Gasteiger partial charge on any atom is 0.325 e. The number of para-hydroxylation sites is 1. The third-order valence-corrected chi connectivity index (χ3v) is 4.82. The van der Waals surface area contributed by atoms with Crippen molar-refractivity contribution in [3.05, 3.63) is 64.7 Å². The van der Waals surface area contributed by atoms with E-state index in [2.05, 4.69) is 5.32 Å². The molecule has 2 aromatic carbocycles. The second kappa shape index (κ2) is 6.76. The molecule has 3 amide bonds. The fourth-order valence-corrected chi connectivity index (χ4v) is 3.27. The zero-order valence-electron chi connectivity index (χ0n) is 14.1. The van der Waals surface area contributed by atoms with E-state index in [1.165, 1.54) is 4.90 Å². The summed E-state index contributed by atoms with van der Waals surface area (Å²) >= 11 is 5.94. The highest BCUT2D eigenvalue weighted by Crippen LogP contribution is 2.34. The van der Waals surface area contributed by atoms with Crippen molar-refractivity contribution in [3.63, 3.8) is 0 Å². The average molecular weight is 359 g/mol. The van der Waals surface area contributed by atoms with Crippen LogP contribution in [-0.2, 0) is 16.9 Å². The number of benzene rings is 2. The van der Waals surface area contributed by atoms with Crippen LogP contribution in [0, 0.1) is 0 Å². The molecule has 2 aromatic rings. The van der Waals surface area contributed by atoms with Crippen LogP contribution in [-0.4, -0.2) is 23.9 Å². The lowest BCUT2D eigenvalue weighted by Crippen LogP contribution is -2.43.